The Morgan fingerprint density at radius 1 is 1.13 bits per heavy atom. The van der Waals surface area contributed by atoms with E-state index in [1.165, 1.54) is 26.1 Å². The molecule has 0 radical (unpaired) electrons. The van der Waals surface area contributed by atoms with Crippen molar-refractivity contribution in [2.45, 2.75) is 126 Å². The summed E-state index contributed by atoms with van der Waals surface area (Å²) in [6, 6.07) is -1.04. The minimum Gasteiger partial charge on any atom is -0.461 e. The lowest BCUT2D eigenvalue weighted by atomic mass is 9.98. The summed E-state index contributed by atoms with van der Waals surface area (Å²) in [5.74, 6) is -1.42. The number of aromatic nitrogens is 2. The highest BCUT2D eigenvalue weighted by molar-refractivity contribution is 7.54. The second kappa shape index (κ2) is 15.3. The third-order valence-electron chi connectivity index (χ3n) is 8.45. The fraction of sp³-hybridized carbons (Fsp3) is 0.724. The van der Waals surface area contributed by atoms with Crippen LogP contribution in [-0.4, -0.2) is 75.4 Å². The number of nitrogens with zero attached hydrogens (tertiary/aromatic N) is 2. The molecule has 252 valence electrons. The van der Waals surface area contributed by atoms with E-state index in [-0.39, 0.29) is 18.0 Å². The smallest absolute Gasteiger partial charge is 0.351 e. The fourth-order valence-electron chi connectivity index (χ4n) is 5.78. The lowest BCUT2D eigenvalue weighted by molar-refractivity contribution is -0.152. The Hall–Kier alpha value is -2.68. The molecule has 5 N–H and O–H groups in total. The van der Waals surface area contributed by atoms with E-state index in [1.54, 1.807) is 0 Å². The Morgan fingerprint density at radius 3 is 2.11 bits per heavy atom. The molecule has 0 spiro atoms. The molecular formula is C29H45FN5O9P. The average Bonchev–Trinajstić information content (AvgIpc) is 3.26. The van der Waals surface area contributed by atoms with Crippen molar-refractivity contribution in [3.63, 3.8) is 0 Å². The van der Waals surface area contributed by atoms with Crippen LogP contribution in [0.3, 0.4) is 0 Å². The number of hydrogen-bond donors (Lipinski definition) is 4. The molecule has 45 heavy (non-hydrogen) atoms. The van der Waals surface area contributed by atoms with Crippen LogP contribution in [0.1, 0.15) is 84.3 Å². The predicted molar refractivity (Wildman–Crippen MR) is 162 cm³/mol. The highest BCUT2D eigenvalue weighted by atomic mass is 31.2. The zero-order valence-electron chi connectivity index (χ0n) is 25.8. The van der Waals surface area contributed by atoms with Crippen molar-refractivity contribution in [3.8, 4) is 0 Å². The number of halogens is 1. The van der Waals surface area contributed by atoms with Crippen molar-refractivity contribution in [1.82, 2.24) is 19.7 Å². The molecule has 14 nitrogen and oxygen atoms in total. The summed E-state index contributed by atoms with van der Waals surface area (Å²) in [6.07, 6.45) is 4.84. The third kappa shape index (κ3) is 8.78. The van der Waals surface area contributed by atoms with Crippen LogP contribution in [0.15, 0.2) is 29.7 Å². The molecule has 6 atom stereocenters. The topological polar surface area (TPSA) is 193 Å². The van der Waals surface area contributed by atoms with Gasteiger partial charge in [0.2, 0.25) is 0 Å². The van der Waals surface area contributed by atoms with Crippen molar-refractivity contribution in [2.24, 2.45) is 0 Å². The summed E-state index contributed by atoms with van der Waals surface area (Å²) in [5, 5.41) is 15.9. The highest BCUT2D eigenvalue weighted by Gasteiger charge is 2.56. The van der Waals surface area contributed by atoms with Crippen LogP contribution in [0.2, 0.25) is 0 Å². The number of nitrogens with one attached hydrogen (secondary N) is 2. The number of rotatable bonds is 13. The van der Waals surface area contributed by atoms with E-state index in [1.807, 2.05) is 0 Å². The molecule has 3 fully saturated rings. The third-order valence-corrected chi connectivity index (χ3v) is 10.4. The van der Waals surface area contributed by atoms with E-state index in [0.717, 1.165) is 74.9 Å². The van der Waals surface area contributed by atoms with E-state index in [4.69, 9.17) is 24.5 Å². The first-order chi connectivity index (χ1) is 21.4. The van der Waals surface area contributed by atoms with E-state index in [9.17, 15) is 24.1 Å². The van der Waals surface area contributed by atoms with Crippen LogP contribution in [0.25, 0.3) is 0 Å². The molecule has 1 saturated heterocycles. The molecule has 4 rings (SSSR count). The SMILES string of the molecule is C=C[C@]1(COP(=O)(N[C@@H](C)C(=O)OC2CCCCC2)N[C@@H](C)C(=O)OC2CCCCC2)O[C@@H](n2ccc(N)nc2=O)[C@H](O)[C@@H]1F. The Kier molecular flexibility index (Phi) is 11.9. The average molecular weight is 658 g/mol. The maximum absolute atomic E-state index is 15.7. The van der Waals surface area contributed by atoms with E-state index in [2.05, 4.69) is 21.7 Å². The van der Waals surface area contributed by atoms with Crippen molar-refractivity contribution in [1.29, 1.82) is 0 Å². The Morgan fingerprint density at radius 2 is 1.64 bits per heavy atom. The van der Waals surface area contributed by atoms with E-state index < -0.39 is 68.1 Å². The second-order valence-corrected chi connectivity index (χ2v) is 13.9. The number of alkyl halides is 1. The van der Waals surface area contributed by atoms with Crippen LogP contribution in [0.5, 0.6) is 0 Å². The van der Waals surface area contributed by atoms with Crippen molar-refractivity contribution >= 4 is 25.4 Å². The molecule has 1 aliphatic heterocycles. The van der Waals surface area contributed by atoms with Crippen molar-refractivity contribution < 1.29 is 42.4 Å². The number of nitrogen functional groups attached to an aromatic ring is 1. The van der Waals surface area contributed by atoms with Gasteiger partial charge in [-0.1, -0.05) is 18.9 Å². The summed E-state index contributed by atoms with van der Waals surface area (Å²) in [6.45, 7) is 5.68. The number of aliphatic hydroxyl groups is 1. The van der Waals surface area contributed by atoms with Crippen LogP contribution < -0.4 is 21.6 Å². The van der Waals surface area contributed by atoms with Gasteiger partial charge in [-0.3, -0.25) is 18.7 Å². The first-order valence-corrected chi connectivity index (χ1v) is 17.2. The molecular weight excluding hydrogens is 612 g/mol. The molecule has 0 unspecified atom stereocenters. The van der Waals surface area contributed by atoms with Gasteiger partial charge in [0, 0.05) is 6.20 Å². The molecule has 0 aromatic carbocycles. The highest BCUT2D eigenvalue weighted by Crippen LogP contribution is 2.45. The molecule has 2 heterocycles. The van der Waals surface area contributed by atoms with Crippen LogP contribution in [0, 0.1) is 0 Å². The number of esters is 2. The standard InChI is InChI=1S/C29H45FN5O9P/c1-4-29(24(30)23(36)25(44-29)35-16-15-22(31)32-28(35)39)17-41-45(40,33-18(2)26(37)42-20-11-7-5-8-12-20)34-19(3)27(38)43-21-13-9-6-10-14-21/h4,15-16,18-21,23-25,36H,1,5-14,17H2,2-3H3,(H2,31,32,39)(H2,33,34,40)/t18-,19-,23+,24-,25+,29+/m0/s1. The largest absolute Gasteiger partial charge is 0.461 e. The lowest BCUT2D eigenvalue weighted by Crippen LogP contribution is -2.46. The first-order valence-electron chi connectivity index (χ1n) is 15.6. The number of ether oxygens (including phenoxy) is 3. The lowest BCUT2D eigenvalue weighted by Gasteiger charge is -2.32. The van der Waals surface area contributed by atoms with E-state index in [0.29, 0.717) is 0 Å². The molecule has 16 heteroatoms. The quantitative estimate of drug-likeness (QED) is 0.138. The van der Waals surface area contributed by atoms with Crippen molar-refractivity contribution in [2.75, 3.05) is 12.3 Å². The number of carbonyl (C=O) groups excluding carboxylic acids is 2. The summed E-state index contributed by atoms with van der Waals surface area (Å²) >= 11 is 0. The second-order valence-electron chi connectivity index (χ2n) is 12.0. The van der Waals surface area contributed by atoms with Crippen LogP contribution in [0.4, 0.5) is 10.2 Å². The zero-order chi connectivity index (χ0) is 32.8. The first kappa shape index (κ1) is 35.2. The van der Waals surface area contributed by atoms with Gasteiger partial charge in [0.1, 0.15) is 41.8 Å². The van der Waals surface area contributed by atoms with Gasteiger partial charge in [-0.2, -0.15) is 4.98 Å². The van der Waals surface area contributed by atoms with Gasteiger partial charge < -0.3 is 29.6 Å². The van der Waals surface area contributed by atoms with Gasteiger partial charge in [0.25, 0.3) is 0 Å². The van der Waals surface area contributed by atoms with Gasteiger partial charge in [-0.05, 0) is 71.3 Å². The predicted octanol–water partition coefficient (Wildman–Crippen LogP) is 2.81. The fourth-order valence-corrected chi connectivity index (χ4v) is 7.62. The number of carbonyl (C=O) groups is 2. The number of nitrogens with two attached hydrogens (primary N) is 1. The maximum Gasteiger partial charge on any atom is 0.351 e. The van der Waals surface area contributed by atoms with Gasteiger partial charge in [-0.15, -0.1) is 6.58 Å². The minimum absolute atomic E-state index is 0.0794. The van der Waals surface area contributed by atoms with Crippen LogP contribution in [-0.2, 0) is 32.9 Å². The molecule has 0 amide bonds. The maximum atomic E-state index is 15.7. The van der Waals surface area contributed by atoms with Crippen molar-refractivity contribution in [3.05, 3.63) is 35.4 Å². The zero-order valence-corrected chi connectivity index (χ0v) is 26.7. The Bertz CT molecular complexity index is 1260. The molecule has 3 aliphatic rings. The van der Waals surface area contributed by atoms with Gasteiger partial charge >= 0.3 is 25.3 Å². The summed E-state index contributed by atoms with van der Waals surface area (Å²) in [5.41, 5.74) is 2.55. The summed E-state index contributed by atoms with van der Waals surface area (Å²) < 4.78 is 53.5. The number of anilines is 1. The van der Waals surface area contributed by atoms with Gasteiger partial charge in [0.05, 0.1) is 6.61 Å². The monoisotopic (exact) mass is 657 g/mol. The van der Waals surface area contributed by atoms with Gasteiger partial charge in [-0.25, -0.2) is 19.4 Å². The molecule has 0 bridgehead atoms. The van der Waals surface area contributed by atoms with Crippen LogP contribution >= 0.6 is 7.67 Å². The molecule has 1 aromatic heterocycles. The Labute approximate surface area is 261 Å². The van der Waals surface area contributed by atoms with E-state index >= 15 is 4.39 Å². The van der Waals surface area contributed by atoms with Gasteiger partial charge in [0.15, 0.2) is 12.4 Å². The number of hydrogen-bond acceptors (Lipinski definition) is 11. The molecule has 2 aliphatic carbocycles. The number of aliphatic hydroxyl groups excluding tert-OH is 1. The summed E-state index contributed by atoms with van der Waals surface area (Å²) in [7, 11) is -4.38. The normalized spacial score (nSPS) is 27.9. The molecule has 2 saturated carbocycles. The Balaban J connectivity index is 1.51. The molecule has 1 aromatic rings. The minimum atomic E-state index is -4.38. The summed E-state index contributed by atoms with van der Waals surface area (Å²) in [4.78, 5) is 41.9.